The van der Waals surface area contributed by atoms with Crippen LogP contribution < -0.4 is 9.80 Å². The van der Waals surface area contributed by atoms with Crippen molar-refractivity contribution >= 4 is 47.5 Å². The van der Waals surface area contributed by atoms with Crippen LogP contribution in [-0.2, 0) is 0 Å². The van der Waals surface area contributed by atoms with Crippen molar-refractivity contribution in [1.82, 2.24) is 25.1 Å². The van der Waals surface area contributed by atoms with Gasteiger partial charge in [-0.2, -0.15) is 10.1 Å². The van der Waals surface area contributed by atoms with E-state index in [1.54, 1.807) is 6.20 Å². The van der Waals surface area contributed by atoms with Crippen LogP contribution in [0, 0.1) is 6.92 Å². The number of anilines is 2. The van der Waals surface area contributed by atoms with Gasteiger partial charge in [-0.1, -0.05) is 0 Å². The summed E-state index contributed by atoms with van der Waals surface area (Å²) in [6.45, 7) is 5.88. The molecule has 0 bridgehead atoms. The lowest BCUT2D eigenvalue weighted by Crippen LogP contribution is -2.31. The van der Waals surface area contributed by atoms with Gasteiger partial charge in [0.05, 0.1) is 11.6 Å². The van der Waals surface area contributed by atoms with Crippen molar-refractivity contribution in [2.24, 2.45) is 0 Å². The molecule has 0 amide bonds. The average Bonchev–Trinajstić information content (AvgIpc) is 2.89. The summed E-state index contributed by atoms with van der Waals surface area (Å²) in [5, 5.41) is 7.86. The zero-order valence-corrected chi connectivity index (χ0v) is 15.6. The zero-order chi connectivity index (χ0) is 15.6. The molecular formula is C16H21Cl2N7. The third-order valence-electron chi connectivity index (χ3n) is 4.20. The lowest BCUT2D eigenvalue weighted by atomic mass is 10.3. The first-order valence-electron chi connectivity index (χ1n) is 7.88. The molecule has 0 spiro atoms. The Morgan fingerprint density at radius 1 is 1.00 bits per heavy atom. The highest BCUT2D eigenvalue weighted by Crippen LogP contribution is 2.19. The molecule has 0 saturated carbocycles. The quantitative estimate of drug-likeness (QED) is 0.735. The fourth-order valence-electron chi connectivity index (χ4n) is 2.98. The first-order valence-corrected chi connectivity index (χ1v) is 7.88. The molecule has 1 aliphatic heterocycles. The van der Waals surface area contributed by atoms with Crippen molar-refractivity contribution in [3.63, 3.8) is 0 Å². The van der Waals surface area contributed by atoms with Gasteiger partial charge in [0.15, 0.2) is 5.65 Å². The van der Waals surface area contributed by atoms with Crippen molar-refractivity contribution in [3.05, 3.63) is 36.4 Å². The van der Waals surface area contributed by atoms with Gasteiger partial charge in [-0.3, -0.25) is 10.1 Å². The van der Waals surface area contributed by atoms with Crippen LogP contribution in [0.1, 0.15) is 12.1 Å². The zero-order valence-electron chi connectivity index (χ0n) is 13.9. The number of aromatic nitrogens is 5. The van der Waals surface area contributed by atoms with Crippen LogP contribution in [0.15, 0.2) is 30.7 Å². The van der Waals surface area contributed by atoms with Crippen molar-refractivity contribution in [1.29, 1.82) is 0 Å². The molecule has 3 aromatic rings. The number of nitrogens with zero attached hydrogens (tertiary/aromatic N) is 6. The second-order valence-corrected chi connectivity index (χ2v) is 5.83. The van der Waals surface area contributed by atoms with Gasteiger partial charge in [-0.05, 0) is 25.5 Å². The first-order chi connectivity index (χ1) is 11.3. The Labute approximate surface area is 158 Å². The van der Waals surface area contributed by atoms with E-state index in [0.717, 1.165) is 55.3 Å². The Morgan fingerprint density at radius 2 is 1.80 bits per heavy atom. The summed E-state index contributed by atoms with van der Waals surface area (Å²) in [4.78, 5) is 18.0. The maximum atomic E-state index is 4.58. The summed E-state index contributed by atoms with van der Waals surface area (Å²) in [6.07, 6.45) is 6.53. The number of hydrogen-bond donors (Lipinski definition) is 1. The Kier molecular flexibility index (Phi) is 6.39. The Balaban J connectivity index is 0.00000113. The Morgan fingerprint density at radius 3 is 2.64 bits per heavy atom. The monoisotopic (exact) mass is 381 g/mol. The lowest BCUT2D eigenvalue weighted by Gasteiger charge is -2.23. The molecule has 1 saturated heterocycles. The predicted octanol–water partition coefficient (Wildman–Crippen LogP) is 2.62. The van der Waals surface area contributed by atoms with Gasteiger partial charge in [-0.25, -0.2) is 4.98 Å². The maximum Gasteiger partial charge on any atom is 0.227 e. The van der Waals surface area contributed by atoms with Gasteiger partial charge in [0.25, 0.3) is 0 Å². The van der Waals surface area contributed by atoms with E-state index in [4.69, 9.17) is 0 Å². The minimum absolute atomic E-state index is 0. The lowest BCUT2D eigenvalue weighted by molar-refractivity contribution is 0.784. The number of H-pyrrole nitrogens is 1. The van der Waals surface area contributed by atoms with Gasteiger partial charge < -0.3 is 9.80 Å². The molecule has 4 rings (SSSR count). The molecule has 4 heterocycles. The van der Waals surface area contributed by atoms with Crippen LogP contribution >= 0.6 is 24.8 Å². The second kappa shape index (κ2) is 8.31. The molecule has 0 radical (unpaired) electrons. The van der Waals surface area contributed by atoms with Crippen LogP contribution in [0.3, 0.4) is 0 Å². The Bertz CT molecular complexity index is 823. The Hall–Kier alpha value is -2.12. The largest absolute Gasteiger partial charge is 0.370 e. The number of pyridine rings is 1. The van der Waals surface area contributed by atoms with E-state index in [1.807, 2.05) is 19.3 Å². The van der Waals surface area contributed by atoms with E-state index in [1.165, 1.54) is 5.69 Å². The molecule has 3 aromatic heterocycles. The van der Waals surface area contributed by atoms with Gasteiger partial charge in [0.2, 0.25) is 5.95 Å². The van der Waals surface area contributed by atoms with Crippen molar-refractivity contribution < 1.29 is 0 Å². The minimum atomic E-state index is 0. The fourth-order valence-corrected chi connectivity index (χ4v) is 2.98. The van der Waals surface area contributed by atoms with Gasteiger partial charge in [0.1, 0.15) is 0 Å². The molecule has 1 N–H and O–H groups in total. The fraction of sp³-hybridized carbons (Fsp3) is 0.375. The molecule has 9 heteroatoms. The highest BCUT2D eigenvalue weighted by atomic mass is 35.5. The van der Waals surface area contributed by atoms with E-state index in [2.05, 4.69) is 47.1 Å². The van der Waals surface area contributed by atoms with Crippen LogP contribution in [0.4, 0.5) is 11.6 Å². The third kappa shape index (κ3) is 4.11. The topological polar surface area (TPSA) is 73.8 Å². The summed E-state index contributed by atoms with van der Waals surface area (Å²) < 4.78 is 0. The highest BCUT2D eigenvalue weighted by Gasteiger charge is 2.18. The van der Waals surface area contributed by atoms with Crippen LogP contribution in [0.25, 0.3) is 11.0 Å². The summed E-state index contributed by atoms with van der Waals surface area (Å²) >= 11 is 0. The highest BCUT2D eigenvalue weighted by molar-refractivity contribution is 5.85. The summed E-state index contributed by atoms with van der Waals surface area (Å²) in [5.41, 5.74) is 3.08. The normalized spacial score (nSPS) is 14.6. The van der Waals surface area contributed by atoms with Gasteiger partial charge in [0, 0.05) is 50.0 Å². The third-order valence-corrected chi connectivity index (χ3v) is 4.20. The van der Waals surface area contributed by atoms with Crippen LogP contribution in [0.5, 0.6) is 0 Å². The molecule has 134 valence electrons. The molecule has 1 fully saturated rings. The predicted molar refractivity (Wildman–Crippen MR) is 104 cm³/mol. The molecule has 1 aliphatic rings. The van der Waals surface area contributed by atoms with Crippen LogP contribution in [0.2, 0.25) is 0 Å². The van der Waals surface area contributed by atoms with Crippen LogP contribution in [-0.4, -0.2) is 51.3 Å². The number of hydrogen-bond acceptors (Lipinski definition) is 6. The average molecular weight is 382 g/mol. The molecule has 0 atom stereocenters. The van der Waals surface area contributed by atoms with Gasteiger partial charge in [-0.15, -0.1) is 24.8 Å². The summed E-state index contributed by atoms with van der Waals surface area (Å²) in [6, 6.07) is 4.22. The standard InChI is InChI=1S/C16H19N7.2ClH/c1-12-9-14(3-4-17-12)22-5-2-6-23(8-7-22)16-18-10-13-11-19-21-15(13)20-16;;/h3-4,9-11H,2,5-8H2,1H3,(H,18,19,20,21);2*1H. The number of aromatic amines is 1. The van der Waals surface area contributed by atoms with Gasteiger partial charge >= 0.3 is 0 Å². The smallest absolute Gasteiger partial charge is 0.227 e. The van der Waals surface area contributed by atoms with E-state index in [-0.39, 0.29) is 24.8 Å². The number of fused-ring (bicyclic) bond motifs is 1. The molecule has 25 heavy (non-hydrogen) atoms. The van der Waals surface area contributed by atoms with E-state index >= 15 is 0 Å². The summed E-state index contributed by atoms with van der Waals surface area (Å²) in [5.74, 6) is 0.773. The number of nitrogens with one attached hydrogen (secondary N) is 1. The molecular weight excluding hydrogens is 361 g/mol. The minimum Gasteiger partial charge on any atom is -0.370 e. The second-order valence-electron chi connectivity index (χ2n) is 5.83. The maximum absolute atomic E-state index is 4.58. The van der Waals surface area contributed by atoms with Crippen molar-refractivity contribution in [3.8, 4) is 0 Å². The molecule has 7 nitrogen and oxygen atoms in total. The summed E-state index contributed by atoms with van der Waals surface area (Å²) in [7, 11) is 0. The SMILES string of the molecule is Cc1cc(N2CCCN(c3ncc4cn[nH]c4n3)CC2)ccn1.Cl.Cl. The molecule has 0 aliphatic carbocycles. The van der Waals surface area contributed by atoms with E-state index in [0.29, 0.717) is 0 Å². The van der Waals surface area contributed by atoms with Crippen molar-refractivity contribution in [2.45, 2.75) is 13.3 Å². The van der Waals surface area contributed by atoms with E-state index in [9.17, 15) is 0 Å². The first kappa shape index (κ1) is 19.2. The van der Waals surface area contributed by atoms with E-state index < -0.39 is 0 Å². The number of rotatable bonds is 2. The molecule has 0 unspecified atom stereocenters. The molecule has 0 aromatic carbocycles. The van der Waals surface area contributed by atoms with Crippen molar-refractivity contribution in [2.75, 3.05) is 36.0 Å². The number of aryl methyl sites for hydroxylation is 1. The number of halogens is 2.